The standard InChI is InChI=1S/C16H19ClN2OS/c1-11(2)15(12-5-7-13(17)8-6-12)19-16(20)18-10-14-4-3-9-21-14/h3-9,11,15H,10H2,1-2H3,(H2,18,19,20). The minimum atomic E-state index is -0.156. The summed E-state index contributed by atoms with van der Waals surface area (Å²) in [5.41, 5.74) is 1.06. The first-order chi connectivity index (χ1) is 10.1. The van der Waals surface area contributed by atoms with Crippen molar-refractivity contribution >= 4 is 29.0 Å². The van der Waals surface area contributed by atoms with E-state index in [2.05, 4.69) is 24.5 Å². The predicted molar refractivity (Wildman–Crippen MR) is 88.7 cm³/mol. The molecule has 21 heavy (non-hydrogen) atoms. The molecule has 0 radical (unpaired) electrons. The first-order valence-corrected chi connectivity index (χ1v) is 8.14. The van der Waals surface area contributed by atoms with E-state index in [1.165, 1.54) is 0 Å². The number of rotatable bonds is 5. The van der Waals surface area contributed by atoms with Crippen molar-refractivity contribution in [2.24, 2.45) is 5.92 Å². The zero-order chi connectivity index (χ0) is 15.2. The molecular formula is C16H19ClN2OS. The van der Waals surface area contributed by atoms with Crippen LogP contribution in [0.1, 0.15) is 30.3 Å². The van der Waals surface area contributed by atoms with E-state index in [1.54, 1.807) is 11.3 Å². The smallest absolute Gasteiger partial charge is 0.315 e. The second-order valence-electron chi connectivity index (χ2n) is 5.18. The van der Waals surface area contributed by atoms with Crippen LogP contribution < -0.4 is 10.6 Å². The Morgan fingerprint density at radius 3 is 2.52 bits per heavy atom. The fourth-order valence-electron chi connectivity index (χ4n) is 2.08. The van der Waals surface area contributed by atoms with Gasteiger partial charge in [-0.15, -0.1) is 11.3 Å². The lowest BCUT2D eigenvalue weighted by Gasteiger charge is -2.23. The van der Waals surface area contributed by atoms with Crippen molar-refractivity contribution < 1.29 is 4.79 Å². The number of halogens is 1. The lowest BCUT2D eigenvalue weighted by atomic mass is 9.96. The number of hydrogen-bond donors (Lipinski definition) is 2. The maximum atomic E-state index is 12.0. The summed E-state index contributed by atoms with van der Waals surface area (Å²) in [5.74, 6) is 0.290. The number of nitrogens with one attached hydrogen (secondary N) is 2. The summed E-state index contributed by atoms with van der Waals surface area (Å²) >= 11 is 7.54. The van der Waals surface area contributed by atoms with E-state index in [9.17, 15) is 4.79 Å². The molecule has 0 aliphatic carbocycles. The van der Waals surface area contributed by atoms with Crippen LogP contribution in [0.2, 0.25) is 5.02 Å². The number of amides is 2. The van der Waals surface area contributed by atoms with Gasteiger partial charge in [0.1, 0.15) is 0 Å². The Balaban J connectivity index is 1.96. The predicted octanol–water partition coefficient (Wildman–Crippen LogP) is 4.60. The van der Waals surface area contributed by atoms with Gasteiger partial charge in [0.05, 0.1) is 12.6 Å². The molecule has 2 amide bonds. The molecule has 2 N–H and O–H groups in total. The Hall–Kier alpha value is -1.52. The van der Waals surface area contributed by atoms with Crippen LogP contribution in [0.25, 0.3) is 0 Å². The van der Waals surface area contributed by atoms with Crippen molar-refractivity contribution in [3.63, 3.8) is 0 Å². The van der Waals surface area contributed by atoms with Gasteiger partial charge in [-0.1, -0.05) is 43.6 Å². The first kappa shape index (κ1) is 15.9. The monoisotopic (exact) mass is 322 g/mol. The second-order valence-corrected chi connectivity index (χ2v) is 6.65. The van der Waals surface area contributed by atoms with Gasteiger partial charge in [0.15, 0.2) is 0 Å². The molecule has 2 aromatic rings. The minimum Gasteiger partial charge on any atom is -0.333 e. The van der Waals surface area contributed by atoms with E-state index >= 15 is 0 Å². The van der Waals surface area contributed by atoms with Gasteiger partial charge in [-0.3, -0.25) is 0 Å². The van der Waals surface area contributed by atoms with Crippen molar-refractivity contribution in [2.45, 2.75) is 26.4 Å². The maximum absolute atomic E-state index is 12.0. The van der Waals surface area contributed by atoms with Gasteiger partial charge in [0.2, 0.25) is 0 Å². The van der Waals surface area contributed by atoms with Gasteiger partial charge in [0.25, 0.3) is 0 Å². The first-order valence-electron chi connectivity index (χ1n) is 6.88. The molecule has 112 valence electrons. The van der Waals surface area contributed by atoms with Gasteiger partial charge in [0, 0.05) is 9.90 Å². The molecule has 0 saturated carbocycles. The molecule has 1 atom stereocenters. The summed E-state index contributed by atoms with van der Waals surface area (Å²) in [7, 11) is 0. The molecule has 3 nitrogen and oxygen atoms in total. The molecule has 1 unspecified atom stereocenters. The second kappa shape index (κ2) is 7.48. The Morgan fingerprint density at radius 2 is 1.95 bits per heavy atom. The molecule has 1 heterocycles. The van der Waals surface area contributed by atoms with Crippen LogP contribution in [0.5, 0.6) is 0 Å². The van der Waals surface area contributed by atoms with E-state index < -0.39 is 0 Å². The number of carbonyl (C=O) groups is 1. The molecular weight excluding hydrogens is 304 g/mol. The van der Waals surface area contributed by atoms with Crippen molar-refractivity contribution in [2.75, 3.05) is 0 Å². The van der Waals surface area contributed by atoms with E-state index in [0.717, 1.165) is 10.4 Å². The molecule has 0 saturated heterocycles. The number of carbonyl (C=O) groups excluding carboxylic acids is 1. The summed E-state index contributed by atoms with van der Waals surface area (Å²) in [4.78, 5) is 13.2. The van der Waals surface area contributed by atoms with E-state index in [1.807, 2.05) is 41.8 Å². The Bertz CT molecular complexity index is 566. The molecule has 5 heteroatoms. The third-order valence-corrected chi connectivity index (χ3v) is 4.31. The van der Waals surface area contributed by atoms with Crippen LogP contribution in [0.15, 0.2) is 41.8 Å². The summed E-state index contributed by atoms with van der Waals surface area (Å²) in [6.07, 6.45) is 0. The highest BCUT2D eigenvalue weighted by atomic mass is 35.5. The number of urea groups is 1. The molecule has 0 spiro atoms. The molecule has 1 aromatic carbocycles. The molecule has 2 rings (SSSR count). The zero-order valence-corrected chi connectivity index (χ0v) is 13.7. The fraction of sp³-hybridized carbons (Fsp3) is 0.312. The average Bonchev–Trinajstić information content (AvgIpc) is 2.97. The van der Waals surface area contributed by atoms with Crippen LogP contribution in [-0.4, -0.2) is 6.03 Å². The number of hydrogen-bond acceptors (Lipinski definition) is 2. The van der Waals surface area contributed by atoms with Crippen LogP contribution in [0.4, 0.5) is 4.79 Å². The molecule has 0 fully saturated rings. The van der Waals surface area contributed by atoms with Crippen molar-refractivity contribution in [1.82, 2.24) is 10.6 Å². The number of benzene rings is 1. The van der Waals surface area contributed by atoms with Gasteiger partial charge in [-0.25, -0.2) is 4.79 Å². The fourth-order valence-corrected chi connectivity index (χ4v) is 2.85. The van der Waals surface area contributed by atoms with Crippen LogP contribution in [0, 0.1) is 5.92 Å². The van der Waals surface area contributed by atoms with Gasteiger partial charge < -0.3 is 10.6 Å². The van der Waals surface area contributed by atoms with E-state index in [0.29, 0.717) is 17.5 Å². The maximum Gasteiger partial charge on any atom is 0.315 e. The van der Waals surface area contributed by atoms with E-state index in [4.69, 9.17) is 11.6 Å². The van der Waals surface area contributed by atoms with Crippen molar-refractivity contribution in [3.8, 4) is 0 Å². The van der Waals surface area contributed by atoms with Gasteiger partial charge >= 0.3 is 6.03 Å². The van der Waals surface area contributed by atoms with Crippen LogP contribution >= 0.6 is 22.9 Å². The third kappa shape index (κ3) is 4.76. The molecule has 1 aromatic heterocycles. The number of thiophene rings is 1. The summed E-state index contributed by atoms with van der Waals surface area (Å²) in [6, 6.07) is 11.4. The molecule has 0 bridgehead atoms. The highest BCUT2D eigenvalue weighted by Gasteiger charge is 2.18. The highest BCUT2D eigenvalue weighted by Crippen LogP contribution is 2.23. The van der Waals surface area contributed by atoms with Crippen LogP contribution in [0.3, 0.4) is 0 Å². The van der Waals surface area contributed by atoms with Crippen LogP contribution in [-0.2, 0) is 6.54 Å². The molecule has 0 aliphatic heterocycles. The highest BCUT2D eigenvalue weighted by molar-refractivity contribution is 7.09. The summed E-state index contributed by atoms with van der Waals surface area (Å²) < 4.78 is 0. The van der Waals surface area contributed by atoms with Crippen molar-refractivity contribution in [1.29, 1.82) is 0 Å². The average molecular weight is 323 g/mol. The lowest BCUT2D eigenvalue weighted by Crippen LogP contribution is -2.39. The van der Waals surface area contributed by atoms with Crippen molar-refractivity contribution in [3.05, 3.63) is 57.2 Å². The Kier molecular flexibility index (Phi) is 5.65. The largest absolute Gasteiger partial charge is 0.333 e. The summed E-state index contributed by atoms with van der Waals surface area (Å²) in [5, 5.41) is 8.61. The minimum absolute atomic E-state index is 0.0365. The Labute approximate surface area is 134 Å². The Morgan fingerprint density at radius 1 is 1.24 bits per heavy atom. The third-order valence-electron chi connectivity index (χ3n) is 3.19. The SMILES string of the molecule is CC(C)C(NC(=O)NCc1cccs1)c1ccc(Cl)cc1. The molecule has 0 aliphatic rings. The van der Waals surface area contributed by atoms with Gasteiger partial charge in [-0.2, -0.15) is 0 Å². The van der Waals surface area contributed by atoms with Gasteiger partial charge in [-0.05, 0) is 35.1 Å². The topological polar surface area (TPSA) is 41.1 Å². The zero-order valence-electron chi connectivity index (χ0n) is 12.1. The van der Waals surface area contributed by atoms with E-state index in [-0.39, 0.29) is 12.1 Å². The lowest BCUT2D eigenvalue weighted by molar-refractivity contribution is 0.233. The summed E-state index contributed by atoms with van der Waals surface area (Å²) in [6.45, 7) is 4.71. The normalized spacial score (nSPS) is 12.2. The quantitative estimate of drug-likeness (QED) is 0.830.